The fourth-order valence-corrected chi connectivity index (χ4v) is 2.03. The molecule has 1 unspecified atom stereocenters. The van der Waals surface area contributed by atoms with Gasteiger partial charge in [0, 0.05) is 11.9 Å². The van der Waals surface area contributed by atoms with Gasteiger partial charge in [0.05, 0.1) is 5.92 Å². The summed E-state index contributed by atoms with van der Waals surface area (Å²) in [4.78, 5) is 15.4. The van der Waals surface area contributed by atoms with E-state index in [1.54, 1.807) is 30.5 Å². The van der Waals surface area contributed by atoms with E-state index in [9.17, 15) is 14.3 Å². The Kier molecular flexibility index (Phi) is 3.90. The highest BCUT2D eigenvalue weighted by Gasteiger charge is 2.20. The van der Waals surface area contributed by atoms with Crippen LogP contribution in [0.25, 0.3) is 0 Å². The van der Waals surface area contributed by atoms with Gasteiger partial charge in [0.1, 0.15) is 5.82 Å². The Morgan fingerprint density at radius 3 is 2.79 bits per heavy atom. The maximum absolute atomic E-state index is 13.1. The molecular formula is C15H14FNO2. The maximum Gasteiger partial charge on any atom is 0.311 e. The molecule has 1 aromatic heterocycles. The zero-order valence-electron chi connectivity index (χ0n) is 10.5. The van der Waals surface area contributed by atoms with Crippen molar-refractivity contribution in [3.05, 3.63) is 65.2 Å². The number of rotatable bonds is 4. The Hall–Kier alpha value is -2.23. The zero-order valence-corrected chi connectivity index (χ0v) is 10.5. The lowest BCUT2D eigenvalue weighted by Gasteiger charge is -2.13. The van der Waals surface area contributed by atoms with E-state index in [1.807, 2.05) is 6.92 Å². The highest BCUT2D eigenvalue weighted by Crippen LogP contribution is 2.22. The molecule has 1 aromatic carbocycles. The van der Waals surface area contributed by atoms with Crippen LogP contribution in [0.2, 0.25) is 0 Å². The lowest BCUT2D eigenvalue weighted by molar-refractivity contribution is -0.138. The molecule has 0 amide bonds. The second-order valence-electron chi connectivity index (χ2n) is 4.46. The van der Waals surface area contributed by atoms with Crippen LogP contribution in [-0.2, 0) is 11.2 Å². The average Bonchev–Trinajstić information content (AvgIpc) is 2.35. The first kappa shape index (κ1) is 13.2. The molecule has 1 atom stereocenters. The molecule has 0 bridgehead atoms. The predicted octanol–water partition coefficient (Wildman–Crippen LogP) is 2.94. The van der Waals surface area contributed by atoms with Gasteiger partial charge in [-0.05, 0) is 48.7 Å². The number of benzene rings is 1. The van der Waals surface area contributed by atoms with Gasteiger partial charge in [-0.25, -0.2) is 4.39 Å². The van der Waals surface area contributed by atoms with Crippen molar-refractivity contribution in [3.63, 3.8) is 0 Å². The minimum atomic E-state index is -0.921. The van der Waals surface area contributed by atoms with E-state index in [1.165, 1.54) is 12.1 Å². The molecule has 0 fully saturated rings. The highest BCUT2D eigenvalue weighted by molar-refractivity contribution is 5.76. The first-order valence-electron chi connectivity index (χ1n) is 5.96. The Bertz CT molecular complexity index is 598. The number of aryl methyl sites for hydroxylation is 1. The van der Waals surface area contributed by atoms with E-state index in [0.717, 1.165) is 5.69 Å². The third-order valence-corrected chi connectivity index (χ3v) is 2.95. The monoisotopic (exact) mass is 259 g/mol. The Morgan fingerprint density at radius 1 is 1.37 bits per heavy atom. The average molecular weight is 259 g/mol. The van der Waals surface area contributed by atoms with Gasteiger partial charge in [0.2, 0.25) is 0 Å². The predicted molar refractivity (Wildman–Crippen MR) is 69.5 cm³/mol. The summed E-state index contributed by atoms with van der Waals surface area (Å²) in [5, 5.41) is 9.33. The van der Waals surface area contributed by atoms with Gasteiger partial charge < -0.3 is 5.11 Å². The number of halogens is 1. The summed E-state index contributed by atoms with van der Waals surface area (Å²) >= 11 is 0. The van der Waals surface area contributed by atoms with Crippen molar-refractivity contribution >= 4 is 5.97 Å². The smallest absolute Gasteiger partial charge is 0.311 e. The molecule has 19 heavy (non-hydrogen) atoms. The first-order chi connectivity index (χ1) is 9.06. The number of nitrogens with zero attached hydrogens (tertiary/aromatic N) is 1. The van der Waals surface area contributed by atoms with Crippen LogP contribution in [0.15, 0.2) is 42.6 Å². The highest BCUT2D eigenvalue weighted by atomic mass is 19.1. The number of carbonyl (C=O) groups is 1. The number of pyridine rings is 1. The van der Waals surface area contributed by atoms with Crippen LogP contribution in [-0.4, -0.2) is 16.1 Å². The Morgan fingerprint density at radius 2 is 2.16 bits per heavy atom. The van der Waals surface area contributed by atoms with E-state index in [2.05, 4.69) is 4.98 Å². The standard InChI is InChI=1S/C15H14FNO2/c1-10-7-12(5-6-17-10)14(15(18)19)9-11-3-2-4-13(16)8-11/h2-8,14H,9H2,1H3,(H,18,19). The summed E-state index contributed by atoms with van der Waals surface area (Å²) in [7, 11) is 0. The van der Waals surface area contributed by atoms with Gasteiger partial charge in [0.15, 0.2) is 0 Å². The Labute approximate surface area is 110 Å². The lowest BCUT2D eigenvalue weighted by Crippen LogP contribution is -2.15. The van der Waals surface area contributed by atoms with E-state index >= 15 is 0 Å². The first-order valence-corrected chi connectivity index (χ1v) is 5.96. The van der Waals surface area contributed by atoms with Crippen LogP contribution < -0.4 is 0 Å². The van der Waals surface area contributed by atoms with Gasteiger partial charge in [0.25, 0.3) is 0 Å². The van der Waals surface area contributed by atoms with Crippen LogP contribution in [0.1, 0.15) is 22.7 Å². The van der Waals surface area contributed by atoms with E-state index in [4.69, 9.17) is 0 Å². The molecule has 0 saturated heterocycles. The summed E-state index contributed by atoms with van der Waals surface area (Å²) in [6.45, 7) is 1.81. The van der Waals surface area contributed by atoms with Gasteiger partial charge in [-0.15, -0.1) is 0 Å². The molecule has 2 rings (SSSR count). The van der Waals surface area contributed by atoms with E-state index in [-0.39, 0.29) is 12.2 Å². The van der Waals surface area contributed by atoms with E-state index in [0.29, 0.717) is 11.1 Å². The Balaban J connectivity index is 2.29. The molecule has 0 aliphatic rings. The fourth-order valence-electron chi connectivity index (χ4n) is 2.03. The quantitative estimate of drug-likeness (QED) is 0.918. The molecule has 0 radical (unpaired) electrons. The van der Waals surface area contributed by atoms with Crippen molar-refractivity contribution in [2.75, 3.05) is 0 Å². The topological polar surface area (TPSA) is 50.2 Å². The zero-order chi connectivity index (χ0) is 13.8. The number of hydrogen-bond acceptors (Lipinski definition) is 2. The van der Waals surface area contributed by atoms with Crippen LogP contribution in [0, 0.1) is 12.7 Å². The number of carboxylic acid groups (broad SMARTS) is 1. The molecule has 0 aliphatic carbocycles. The van der Waals surface area contributed by atoms with Crippen molar-refractivity contribution in [2.24, 2.45) is 0 Å². The SMILES string of the molecule is Cc1cc(C(Cc2cccc(F)c2)C(=O)O)ccn1. The van der Waals surface area contributed by atoms with Crippen molar-refractivity contribution in [1.29, 1.82) is 0 Å². The van der Waals surface area contributed by atoms with Crippen molar-refractivity contribution in [3.8, 4) is 0 Å². The van der Waals surface area contributed by atoms with Crippen molar-refractivity contribution in [1.82, 2.24) is 4.98 Å². The molecule has 4 heteroatoms. The van der Waals surface area contributed by atoms with Crippen molar-refractivity contribution < 1.29 is 14.3 Å². The van der Waals surface area contributed by atoms with Crippen LogP contribution in [0.5, 0.6) is 0 Å². The van der Waals surface area contributed by atoms with Crippen LogP contribution in [0.4, 0.5) is 4.39 Å². The molecule has 0 saturated carbocycles. The summed E-state index contributed by atoms with van der Waals surface area (Å²) in [5.41, 5.74) is 2.12. The number of carboxylic acids is 1. The van der Waals surface area contributed by atoms with Crippen molar-refractivity contribution in [2.45, 2.75) is 19.3 Å². The summed E-state index contributed by atoms with van der Waals surface area (Å²) in [6, 6.07) is 9.46. The molecule has 1 heterocycles. The largest absolute Gasteiger partial charge is 0.481 e. The summed E-state index contributed by atoms with van der Waals surface area (Å²) in [6.07, 6.45) is 1.85. The maximum atomic E-state index is 13.1. The summed E-state index contributed by atoms with van der Waals surface area (Å²) < 4.78 is 13.1. The van der Waals surface area contributed by atoms with Crippen LogP contribution >= 0.6 is 0 Å². The van der Waals surface area contributed by atoms with Gasteiger partial charge in [-0.1, -0.05) is 12.1 Å². The fraction of sp³-hybridized carbons (Fsp3) is 0.200. The lowest BCUT2D eigenvalue weighted by atomic mass is 9.92. The normalized spacial score (nSPS) is 12.1. The second kappa shape index (κ2) is 5.61. The second-order valence-corrected chi connectivity index (χ2v) is 4.46. The van der Waals surface area contributed by atoms with E-state index < -0.39 is 11.9 Å². The number of aliphatic carboxylic acids is 1. The van der Waals surface area contributed by atoms with Gasteiger partial charge in [-0.3, -0.25) is 9.78 Å². The molecular weight excluding hydrogens is 245 g/mol. The molecule has 2 aromatic rings. The molecule has 98 valence electrons. The number of hydrogen-bond donors (Lipinski definition) is 1. The van der Waals surface area contributed by atoms with Crippen LogP contribution in [0.3, 0.4) is 0 Å². The third kappa shape index (κ3) is 3.37. The minimum Gasteiger partial charge on any atom is -0.481 e. The molecule has 0 aliphatic heterocycles. The minimum absolute atomic E-state index is 0.260. The molecule has 1 N–H and O–H groups in total. The van der Waals surface area contributed by atoms with Gasteiger partial charge >= 0.3 is 5.97 Å². The third-order valence-electron chi connectivity index (χ3n) is 2.95. The molecule has 3 nitrogen and oxygen atoms in total. The summed E-state index contributed by atoms with van der Waals surface area (Å²) in [5.74, 6) is -1.97. The number of aromatic nitrogens is 1. The molecule has 0 spiro atoms. The van der Waals surface area contributed by atoms with Gasteiger partial charge in [-0.2, -0.15) is 0 Å².